The van der Waals surface area contributed by atoms with Gasteiger partial charge in [0, 0.05) is 18.9 Å². The zero-order valence-corrected chi connectivity index (χ0v) is 11.8. The van der Waals surface area contributed by atoms with Gasteiger partial charge in [0.15, 0.2) is 0 Å². The molecule has 21 heavy (non-hydrogen) atoms. The Morgan fingerprint density at radius 2 is 2.14 bits per heavy atom. The Morgan fingerprint density at radius 1 is 1.29 bits per heavy atom. The van der Waals surface area contributed by atoms with E-state index < -0.39 is 0 Å². The maximum atomic E-state index is 11.5. The van der Waals surface area contributed by atoms with E-state index >= 15 is 0 Å². The lowest BCUT2D eigenvalue weighted by molar-refractivity contribution is -0.144. The predicted octanol–water partition coefficient (Wildman–Crippen LogP) is 1.87. The molecular formula is C15H19N3O3. The summed E-state index contributed by atoms with van der Waals surface area (Å²) in [4.78, 5) is 15.5. The molecule has 0 aliphatic carbocycles. The first-order valence-electron chi connectivity index (χ1n) is 6.84. The van der Waals surface area contributed by atoms with Gasteiger partial charge in [0.25, 0.3) is 0 Å². The number of hydrogen-bond donors (Lipinski definition) is 1. The number of nitrogens with zero attached hydrogens (tertiary/aromatic N) is 2. The number of carbonyl (C=O) groups excluding carboxylic acids is 1. The van der Waals surface area contributed by atoms with Crippen molar-refractivity contribution in [2.24, 2.45) is 0 Å². The Labute approximate surface area is 123 Å². The molecule has 112 valence electrons. The van der Waals surface area contributed by atoms with Crippen LogP contribution in [0.4, 0.5) is 5.69 Å². The predicted molar refractivity (Wildman–Crippen MR) is 78.8 cm³/mol. The normalized spacial score (nSPS) is 10.3. The maximum absolute atomic E-state index is 11.5. The second-order valence-corrected chi connectivity index (χ2v) is 4.51. The van der Waals surface area contributed by atoms with Crippen molar-refractivity contribution in [2.75, 3.05) is 18.9 Å². The van der Waals surface area contributed by atoms with Gasteiger partial charge in [-0.05, 0) is 18.6 Å². The van der Waals surface area contributed by atoms with Gasteiger partial charge in [-0.25, -0.2) is 4.98 Å². The quantitative estimate of drug-likeness (QED) is 0.456. The minimum Gasteiger partial charge on any atom is -0.491 e. The number of nitrogens with two attached hydrogens (primary N) is 1. The molecule has 1 heterocycles. The molecule has 0 spiro atoms. The maximum Gasteiger partial charge on any atom is 0.309 e. The number of nitrogen functional groups attached to an aromatic ring is 1. The standard InChI is InChI=1S/C15H19N3O3/c16-13-4-1-2-5-14(13)20-11-6-15(19)21-10-3-8-18-9-7-17-12-18/h1-2,4-5,7,9,12H,3,6,8,10-11,16H2. The highest BCUT2D eigenvalue weighted by Crippen LogP contribution is 2.19. The minimum atomic E-state index is -0.268. The second kappa shape index (κ2) is 7.94. The van der Waals surface area contributed by atoms with E-state index in [-0.39, 0.29) is 19.0 Å². The molecule has 0 radical (unpaired) electrons. The van der Waals surface area contributed by atoms with Crippen LogP contribution in [0.1, 0.15) is 12.8 Å². The van der Waals surface area contributed by atoms with Crippen LogP contribution in [0.3, 0.4) is 0 Å². The summed E-state index contributed by atoms with van der Waals surface area (Å²) in [6.45, 7) is 1.43. The van der Waals surface area contributed by atoms with Crippen molar-refractivity contribution < 1.29 is 14.3 Å². The Bertz CT molecular complexity index is 555. The van der Waals surface area contributed by atoms with Crippen molar-refractivity contribution in [3.05, 3.63) is 43.0 Å². The van der Waals surface area contributed by atoms with E-state index in [2.05, 4.69) is 4.98 Å². The fraction of sp³-hybridized carbons (Fsp3) is 0.333. The Morgan fingerprint density at radius 3 is 2.90 bits per heavy atom. The Kier molecular flexibility index (Phi) is 5.63. The molecule has 6 nitrogen and oxygen atoms in total. The third kappa shape index (κ3) is 5.18. The number of carbonyl (C=O) groups is 1. The molecule has 6 heteroatoms. The van der Waals surface area contributed by atoms with Gasteiger partial charge in [-0.3, -0.25) is 4.79 Å². The van der Waals surface area contributed by atoms with Crippen LogP contribution < -0.4 is 10.5 Å². The third-order valence-corrected chi connectivity index (χ3v) is 2.87. The van der Waals surface area contributed by atoms with E-state index in [0.717, 1.165) is 13.0 Å². The largest absolute Gasteiger partial charge is 0.491 e. The van der Waals surface area contributed by atoms with E-state index in [0.29, 0.717) is 18.0 Å². The number of para-hydroxylation sites is 2. The molecule has 0 aliphatic rings. The van der Waals surface area contributed by atoms with Crippen LogP contribution in [0, 0.1) is 0 Å². The number of benzene rings is 1. The van der Waals surface area contributed by atoms with E-state index in [1.54, 1.807) is 24.7 Å². The molecule has 0 aliphatic heterocycles. The average molecular weight is 289 g/mol. The molecule has 0 amide bonds. The molecule has 0 unspecified atom stereocenters. The van der Waals surface area contributed by atoms with Gasteiger partial charge in [-0.2, -0.15) is 0 Å². The molecule has 2 aromatic rings. The number of ether oxygens (including phenoxy) is 2. The highest BCUT2D eigenvalue weighted by molar-refractivity contribution is 5.69. The topological polar surface area (TPSA) is 79.4 Å². The first kappa shape index (κ1) is 14.9. The zero-order chi connectivity index (χ0) is 14.9. The summed E-state index contributed by atoms with van der Waals surface area (Å²) in [6.07, 6.45) is 6.30. The van der Waals surface area contributed by atoms with Crippen molar-refractivity contribution in [3.63, 3.8) is 0 Å². The molecular weight excluding hydrogens is 270 g/mol. The summed E-state index contributed by atoms with van der Waals surface area (Å²) < 4.78 is 12.5. The Balaban J connectivity index is 1.56. The summed E-state index contributed by atoms with van der Waals surface area (Å²) in [5, 5.41) is 0. The highest BCUT2D eigenvalue weighted by Gasteiger charge is 2.04. The number of imidazole rings is 1. The number of esters is 1. The lowest BCUT2D eigenvalue weighted by atomic mass is 10.3. The molecule has 1 aromatic heterocycles. The van der Waals surface area contributed by atoms with Crippen molar-refractivity contribution in [3.8, 4) is 5.75 Å². The first-order chi connectivity index (χ1) is 10.3. The zero-order valence-electron chi connectivity index (χ0n) is 11.8. The SMILES string of the molecule is Nc1ccccc1OCCC(=O)OCCCn1ccnc1. The summed E-state index contributed by atoms with van der Waals surface area (Å²) in [6, 6.07) is 7.19. The van der Waals surface area contributed by atoms with Gasteiger partial charge in [0.05, 0.1) is 31.6 Å². The number of rotatable bonds is 8. The molecule has 1 aromatic carbocycles. The molecule has 0 bridgehead atoms. The van der Waals surface area contributed by atoms with Gasteiger partial charge < -0.3 is 19.8 Å². The summed E-state index contributed by atoms with van der Waals surface area (Å²) in [5.74, 6) is 0.320. The fourth-order valence-corrected chi connectivity index (χ4v) is 1.78. The van der Waals surface area contributed by atoms with E-state index in [1.807, 2.05) is 22.9 Å². The van der Waals surface area contributed by atoms with Crippen LogP contribution in [-0.4, -0.2) is 28.7 Å². The molecule has 0 saturated carbocycles. The fourth-order valence-electron chi connectivity index (χ4n) is 1.78. The van der Waals surface area contributed by atoms with Crippen LogP contribution in [0.2, 0.25) is 0 Å². The lowest BCUT2D eigenvalue weighted by Gasteiger charge is -2.08. The molecule has 2 rings (SSSR count). The van der Waals surface area contributed by atoms with Crippen LogP contribution >= 0.6 is 0 Å². The van der Waals surface area contributed by atoms with Crippen molar-refractivity contribution in [1.82, 2.24) is 9.55 Å². The minimum absolute atomic E-state index is 0.208. The Hall–Kier alpha value is -2.50. The molecule has 0 atom stereocenters. The number of anilines is 1. The number of hydrogen-bond acceptors (Lipinski definition) is 5. The lowest BCUT2D eigenvalue weighted by Crippen LogP contribution is -2.12. The number of aryl methyl sites for hydroxylation is 1. The highest BCUT2D eigenvalue weighted by atomic mass is 16.5. The average Bonchev–Trinajstić information content (AvgIpc) is 2.99. The smallest absolute Gasteiger partial charge is 0.309 e. The van der Waals surface area contributed by atoms with Gasteiger partial charge in [-0.1, -0.05) is 12.1 Å². The van der Waals surface area contributed by atoms with Crippen LogP contribution in [0.15, 0.2) is 43.0 Å². The summed E-state index contributed by atoms with van der Waals surface area (Å²) in [5.41, 5.74) is 6.29. The van der Waals surface area contributed by atoms with Crippen molar-refractivity contribution in [2.45, 2.75) is 19.4 Å². The van der Waals surface area contributed by atoms with Gasteiger partial charge in [0.1, 0.15) is 5.75 Å². The van der Waals surface area contributed by atoms with Gasteiger partial charge >= 0.3 is 5.97 Å². The van der Waals surface area contributed by atoms with Gasteiger partial charge in [-0.15, -0.1) is 0 Å². The van der Waals surface area contributed by atoms with Crippen molar-refractivity contribution >= 4 is 11.7 Å². The number of aromatic nitrogens is 2. The van der Waals surface area contributed by atoms with Crippen LogP contribution in [-0.2, 0) is 16.1 Å². The van der Waals surface area contributed by atoms with Crippen molar-refractivity contribution in [1.29, 1.82) is 0 Å². The van der Waals surface area contributed by atoms with E-state index in [1.165, 1.54) is 0 Å². The summed E-state index contributed by atoms with van der Waals surface area (Å²) in [7, 11) is 0. The summed E-state index contributed by atoms with van der Waals surface area (Å²) >= 11 is 0. The molecule has 0 fully saturated rings. The second-order valence-electron chi connectivity index (χ2n) is 4.51. The van der Waals surface area contributed by atoms with E-state index in [9.17, 15) is 4.79 Å². The first-order valence-corrected chi connectivity index (χ1v) is 6.84. The van der Waals surface area contributed by atoms with Crippen LogP contribution in [0.5, 0.6) is 5.75 Å². The molecule has 0 saturated heterocycles. The van der Waals surface area contributed by atoms with Gasteiger partial charge in [0.2, 0.25) is 0 Å². The molecule has 2 N–H and O–H groups in total. The third-order valence-electron chi connectivity index (χ3n) is 2.87. The van der Waals surface area contributed by atoms with Crippen LogP contribution in [0.25, 0.3) is 0 Å². The monoisotopic (exact) mass is 289 g/mol. The van der Waals surface area contributed by atoms with E-state index in [4.69, 9.17) is 15.2 Å².